The first-order chi connectivity index (χ1) is 13.4. The molecule has 1 N–H and O–H groups in total. The van der Waals surface area contributed by atoms with Gasteiger partial charge in [-0.1, -0.05) is 32.0 Å². The standard InChI is InChI=1S/C22H33N3O3/c1-17(2)14-25-16-22(12-21(25)27)8-10-24(11-9-22)15-20(26)23-13-18-6-4-5-7-19(18)28-3/h4-7,17H,8-16H2,1-3H3,(H,23,26). The van der Waals surface area contributed by atoms with Crippen LogP contribution in [0.4, 0.5) is 0 Å². The summed E-state index contributed by atoms with van der Waals surface area (Å²) < 4.78 is 5.33. The van der Waals surface area contributed by atoms with E-state index in [-0.39, 0.29) is 11.3 Å². The van der Waals surface area contributed by atoms with Gasteiger partial charge in [-0.15, -0.1) is 0 Å². The van der Waals surface area contributed by atoms with Crippen LogP contribution in [0.25, 0.3) is 0 Å². The second-order valence-electron chi connectivity index (χ2n) is 8.71. The lowest BCUT2D eigenvalue weighted by Crippen LogP contribution is -2.45. The Hall–Kier alpha value is -2.08. The van der Waals surface area contributed by atoms with E-state index in [4.69, 9.17) is 4.74 Å². The van der Waals surface area contributed by atoms with Gasteiger partial charge in [0.15, 0.2) is 0 Å². The third kappa shape index (κ3) is 5.04. The van der Waals surface area contributed by atoms with Crippen molar-refractivity contribution in [2.24, 2.45) is 11.3 Å². The Morgan fingerprint density at radius 3 is 2.64 bits per heavy atom. The third-order valence-corrected chi connectivity index (χ3v) is 5.94. The van der Waals surface area contributed by atoms with Crippen LogP contribution in [0.15, 0.2) is 24.3 Å². The molecule has 2 saturated heterocycles. The number of hydrogen-bond donors (Lipinski definition) is 1. The molecule has 0 bridgehead atoms. The zero-order valence-electron chi connectivity index (χ0n) is 17.4. The fourth-order valence-corrected chi connectivity index (χ4v) is 4.41. The summed E-state index contributed by atoms with van der Waals surface area (Å²) in [6, 6.07) is 7.73. The van der Waals surface area contributed by atoms with Crippen molar-refractivity contribution in [3.8, 4) is 5.75 Å². The molecule has 0 radical (unpaired) electrons. The Balaban J connectivity index is 1.44. The number of methoxy groups -OCH3 is 1. The second-order valence-corrected chi connectivity index (χ2v) is 8.71. The van der Waals surface area contributed by atoms with Gasteiger partial charge in [-0.3, -0.25) is 14.5 Å². The molecule has 1 aromatic rings. The maximum Gasteiger partial charge on any atom is 0.234 e. The van der Waals surface area contributed by atoms with E-state index in [1.165, 1.54) is 0 Å². The third-order valence-electron chi connectivity index (χ3n) is 5.94. The molecule has 1 spiro atoms. The average molecular weight is 388 g/mol. The molecular formula is C22H33N3O3. The van der Waals surface area contributed by atoms with Crippen molar-refractivity contribution in [3.05, 3.63) is 29.8 Å². The average Bonchev–Trinajstić information content (AvgIpc) is 2.96. The predicted octanol–water partition coefficient (Wildman–Crippen LogP) is 2.28. The predicted molar refractivity (Wildman–Crippen MR) is 109 cm³/mol. The molecular weight excluding hydrogens is 354 g/mol. The summed E-state index contributed by atoms with van der Waals surface area (Å²) >= 11 is 0. The number of para-hydroxylation sites is 1. The lowest BCUT2D eigenvalue weighted by atomic mass is 9.77. The van der Waals surface area contributed by atoms with Crippen LogP contribution in [0.1, 0.15) is 38.7 Å². The fraction of sp³-hybridized carbons (Fsp3) is 0.636. The van der Waals surface area contributed by atoms with Crippen molar-refractivity contribution in [3.63, 3.8) is 0 Å². The highest BCUT2D eigenvalue weighted by molar-refractivity contribution is 5.79. The van der Waals surface area contributed by atoms with Crippen LogP contribution in [0.2, 0.25) is 0 Å². The van der Waals surface area contributed by atoms with Gasteiger partial charge < -0.3 is 15.0 Å². The smallest absolute Gasteiger partial charge is 0.234 e. The number of benzene rings is 1. The monoisotopic (exact) mass is 387 g/mol. The Labute approximate surface area is 168 Å². The molecule has 0 atom stereocenters. The number of carbonyl (C=O) groups is 2. The first-order valence-corrected chi connectivity index (χ1v) is 10.3. The number of piperidine rings is 1. The number of rotatable bonds is 7. The molecule has 0 saturated carbocycles. The maximum absolute atomic E-state index is 12.4. The number of amides is 2. The molecule has 2 amide bonds. The first-order valence-electron chi connectivity index (χ1n) is 10.3. The highest BCUT2D eigenvalue weighted by atomic mass is 16.5. The summed E-state index contributed by atoms with van der Waals surface area (Å²) in [5, 5.41) is 2.99. The summed E-state index contributed by atoms with van der Waals surface area (Å²) in [4.78, 5) is 29.0. The van der Waals surface area contributed by atoms with Crippen LogP contribution < -0.4 is 10.1 Å². The van der Waals surface area contributed by atoms with Crippen molar-refractivity contribution in [2.75, 3.05) is 39.8 Å². The van der Waals surface area contributed by atoms with Crippen LogP contribution in [0.3, 0.4) is 0 Å². The summed E-state index contributed by atoms with van der Waals surface area (Å²) in [5.41, 5.74) is 1.10. The zero-order chi connectivity index (χ0) is 20.1. The van der Waals surface area contributed by atoms with Gasteiger partial charge in [0.25, 0.3) is 0 Å². The van der Waals surface area contributed by atoms with E-state index in [0.29, 0.717) is 31.3 Å². The van der Waals surface area contributed by atoms with E-state index in [1.54, 1.807) is 7.11 Å². The fourth-order valence-electron chi connectivity index (χ4n) is 4.41. The summed E-state index contributed by atoms with van der Waals surface area (Å²) in [6.07, 6.45) is 2.66. The van der Waals surface area contributed by atoms with Crippen molar-refractivity contribution in [2.45, 2.75) is 39.7 Å². The first kappa shape index (κ1) is 20.6. The van der Waals surface area contributed by atoms with Crippen LogP contribution in [-0.2, 0) is 16.1 Å². The van der Waals surface area contributed by atoms with E-state index in [1.807, 2.05) is 29.2 Å². The maximum atomic E-state index is 12.4. The van der Waals surface area contributed by atoms with E-state index < -0.39 is 0 Å². The van der Waals surface area contributed by atoms with Gasteiger partial charge in [0, 0.05) is 31.6 Å². The van der Waals surface area contributed by atoms with Crippen LogP contribution >= 0.6 is 0 Å². The van der Waals surface area contributed by atoms with Gasteiger partial charge in [0.2, 0.25) is 11.8 Å². The molecule has 0 aromatic heterocycles. The summed E-state index contributed by atoms with van der Waals surface area (Å²) in [7, 11) is 1.64. The molecule has 3 rings (SSSR count). The Bertz CT molecular complexity index is 696. The molecule has 2 aliphatic heterocycles. The van der Waals surface area contributed by atoms with Crippen LogP contribution in [0.5, 0.6) is 5.75 Å². The highest BCUT2D eigenvalue weighted by Crippen LogP contribution is 2.41. The number of nitrogens with one attached hydrogen (secondary N) is 1. The molecule has 2 fully saturated rings. The van der Waals surface area contributed by atoms with Gasteiger partial charge in [-0.25, -0.2) is 0 Å². The van der Waals surface area contributed by atoms with Gasteiger partial charge in [-0.05, 0) is 43.3 Å². The Morgan fingerprint density at radius 2 is 1.96 bits per heavy atom. The molecule has 0 unspecified atom stereocenters. The van der Waals surface area contributed by atoms with E-state index in [0.717, 1.165) is 50.3 Å². The molecule has 1 aromatic carbocycles. The van der Waals surface area contributed by atoms with Gasteiger partial charge in [0.05, 0.1) is 13.7 Å². The molecule has 0 aliphatic carbocycles. The molecule has 2 heterocycles. The van der Waals surface area contributed by atoms with E-state index in [9.17, 15) is 9.59 Å². The van der Waals surface area contributed by atoms with Crippen LogP contribution in [0, 0.1) is 11.3 Å². The SMILES string of the molecule is COc1ccccc1CNC(=O)CN1CCC2(CC1)CC(=O)N(CC(C)C)C2. The Kier molecular flexibility index (Phi) is 6.60. The molecule has 28 heavy (non-hydrogen) atoms. The van der Waals surface area contributed by atoms with Gasteiger partial charge in [-0.2, -0.15) is 0 Å². The van der Waals surface area contributed by atoms with Crippen LogP contribution in [-0.4, -0.2) is 61.4 Å². The summed E-state index contributed by atoms with van der Waals surface area (Å²) in [6.45, 7) is 8.70. The minimum atomic E-state index is 0.0331. The van der Waals surface area contributed by atoms with Crippen molar-refractivity contribution in [1.82, 2.24) is 15.1 Å². The quantitative estimate of drug-likeness (QED) is 0.780. The second kappa shape index (κ2) is 8.95. The number of nitrogens with zero attached hydrogens (tertiary/aromatic N) is 2. The minimum absolute atomic E-state index is 0.0331. The van der Waals surface area contributed by atoms with E-state index >= 15 is 0 Å². The lowest BCUT2D eigenvalue weighted by Gasteiger charge is -2.38. The van der Waals surface area contributed by atoms with Crippen molar-refractivity contribution in [1.29, 1.82) is 0 Å². The number of carbonyl (C=O) groups excluding carboxylic acids is 2. The molecule has 6 nitrogen and oxygen atoms in total. The normalized spacial score (nSPS) is 19.4. The van der Waals surface area contributed by atoms with Crippen molar-refractivity contribution >= 4 is 11.8 Å². The lowest BCUT2D eigenvalue weighted by molar-refractivity contribution is -0.128. The number of ether oxygens (including phenoxy) is 1. The minimum Gasteiger partial charge on any atom is -0.496 e. The summed E-state index contributed by atoms with van der Waals surface area (Å²) in [5.74, 6) is 1.63. The highest BCUT2D eigenvalue weighted by Gasteiger charge is 2.44. The zero-order valence-corrected chi connectivity index (χ0v) is 17.4. The van der Waals surface area contributed by atoms with E-state index in [2.05, 4.69) is 24.1 Å². The molecule has 154 valence electrons. The van der Waals surface area contributed by atoms with Crippen molar-refractivity contribution < 1.29 is 14.3 Å². The largest absolute Gasteiger partial charge is 0.496 e. The molecule has 2 aliphatic rings. The topological polar surface area (TPSA) is 61.9 Å². The number of likely N-dealkylation sites (tertiary alicyclic amines) is 2. The van der Waals surface area contributed by atoms with Gasteiger partial charge in [0.1, 0.15) is 5.75 Å². The molecule has 6 heteroatoms. The number of hydrogen-bond acceptors (Lipinski definition) is 4. The van der Waals surface area contributed by atoms with Gasteiger partial charge >= 0.3 is 0 Å². The Morgan fingerprint density at radius 1 is 1.25 bits per heavy atom.